The molecule has 0 fully saturated rings. The zero-order valence-electron chi connectivity index (χ0n) is 22.5. The predicted molar refractivity (Wildman–Crippen MR) is 160 cm³/mol. The van der Waals surface area contributed by atoms with Crippen molar-refractivity contribution in [3.8, 4) is 22.4 Å². The zero-order chi connectivity index (χ0) is 25.9. The number of furan rings is 1. The summed E-state index contributed by atoms with van der Waals surface area (Å²) in [6.45, 7) is 13.5. The Bertz CT molecular complexity index is 1780. The van der Waals surface area contributed by atoms with Crippen LogP contribution in [0.15, 0.2) is 76.7 Å². The van der Waals surface area contributed by atoms with Gasteiger partial charge in [0.15, 0.2) is 5.58 Å². The van der Waals surface area contributed by atoms with Crippen molar-refractivity contribution in [2.24, 2.45) is 5.92 Å². The van der Waals surface area contributed by atoms with E-state index in [2.05, 4.69) is 108 Å². The molecule has 6 aromatic rings. The first kappa shape index (κ1) is 23.9. The van der Waals surface area contributed by atoms with E-state index in [9.17, 15) is 0 Å². The van der Waals surface area contributed by atoms with E-state index < -0.39 is 0 Å². The van der Waals surface area contributed by atoms with Gasteiger partial charge in [0.05, 0.1) is 12.0 Å². The Kier molecular flexibility index (Phi) is 5.72. The minimum absolute atomic E-state index is 0.0198. The molecule has 0 N–H and O–H groups in total. The minimum atomic E-state index is 0.0198. The normalized spacial score (nSPS) is 12.4. The summed E-state index contributed by atoms with van der Waals surface area (Å²) in [5.41, 5.74) is 10.1. The van der Waals surface area contributed by atoms with Crippen molar-refractivity contribution in [3.05, 3.63) is 89.0 Å². The van der Waals surface area contributed by atoms with E-state index in [0.29, 0.717) is 5.92 Å². The van der Waals surface area contributed by atoms with Crippen molar-refractivity contribution in [1.82, 2.24) is 4.98 Å². The fourth-order valence-corrected chi connectivity index (χ4v) is 6.43. The van der Waals surface area contributed by atoms with Gasteiger partial charge in [-0.1, -0.05) is 71.0 Å². The molecule has 0 aliphatic heterocycles. The molecule has 0 aliphatic rings. The molecule has 6 rings (SSSR count). The van der Waals surface area contributed by atoms with Crippen LogP contribution in [-0.2, 0) is 11.8 Å². The lowest BCUT2D eigenvalue weighted by Gasteiger charge is -2.23. The number of nitrogens with zero attached hydrogens (tertiary/aromatic N) is 1. The van der Waals surface area contributed by atoms with Gasteiger partial charge in [0.1, 0.15) is 5.52 Å². The van der Waals surface area contributed by atoms with Crippen molar-refractivity contribution in [2.45, 2.75) is 53.4 Å². The van der Waals surface area contributed by atoms with Crippen LogP contribution in [0.5, 0.6) is 0 Å². The molecule has 37 heavy (non-hydrogen) atoms. The Hall–Kier alpha value is -3.43. The highest BCUT2D eigenvalue weighted by Gasteiger charge is 2.20. The molecule has 0 unspecified atom stereocenters. The quantitative estimate of drug-likeness (QED) is 0.239. The lowest BCUT2D eigenvalue weighted by atomic mass is 9.82. The monoisotopic (exact) mass is 503 g/mol. The van der Waals surface area contributed by atoms with Gasteiger partial charge in [0.2, 0.25) is 0 Å². The Morgan fingerprint density at radius 1 is 0.919 bits per heavy atom. The molecule has 186 valence electrons. The van der Waals surface area contributed by atoms with Crippen LogP contribution in [0.3, 0.4) is 0 Å². The fourth-order valence-electron chi connectivity index (χ4n) is 5.41. The van der Waals surface area contributed by atoms with E-state index >= 15 is 0 Å². The van der Waals surface area contributed by atoms with Crippen molar-refractivity contribution >= 4 is 43.3 Å². The van der Waals surface area contributed by atoms with Crippen LogP contribution in [0.4, 0.5) is 0 Å². The standard InChI is InChI=1S/C34H33NOS/c1-20(2)13-25-19-37-31-16-23(11-12-27(25)31)28-17-30(35-32-21(3)18-36-33(28)32)24-14-22-9-7-8-10-26(22)29(15-24)34(4,5)6/h7-12,14-20H,13H2,1-6H3. The zero-order valence-corrected chi connectivity index (χ0v) is 23.3. The second-order valence-electron chi connectivity index (χ2n) is 11.7. The van der Waals surface area contributed by atoms with E-state index in [0.717, 1.165) is 39.9 Å². The fraction of sp³-hybridized carbons (Fsp3) is 0.265. The van der Waals surface area contributed by atoms with Crippen LogP contribution in [0.25, 0.3) is 54.3 Å². The lowest BCUT2D eigenvalue weighted by molar-refractivity contribution is 0.596. The predicted octanol–water partition coefficient (Wildman–Crippen LogP) is 10.3. The molecule has 0 radical (unpaired) electrons. The molecular weight excluding hydrogens is 470 g/mol. The number of benzene rings is 3. The van der Waals surface area contributed by atoms with E-state index in [1.165, 1.54) is 37.5 Å². The third-order valence-corrected chi connectivity index (χ3v) is 8.25. The average Bonchev–Trinajstić information content (AvgIpc) is 3.44. The number of aromatic nitrogens is 1. The summed E-state index contributed by atoms with van der Waals surface area (Å²) in [6.07, 6.45) is 2.94. The van der Waals surface area contributed by atoms with Gasteiger partial charge in [0, 0.05) is 21.4 Å². The second-order valence-corrected chi connectivity index (χ2v) is 12.6. The molecule has 3 heteroatoms. The summed E-state index contributed by atoms with van der Waals surface area (Å²) < 4.78 is 7.41. The van der Waals surface area contributed by atoms with Crippen LogP contribution < -0.4 is 0 Å². The molecule has 3 heterocycles. The molecule has 0 spiro atoms. The Morgan fingerprint density at radius 3 is 2.51 bits per heavy atom. The Balaban J connectivity index is 1.57. The molecular formula is C34H33NOS. The Morgan fingerprint density at radius 2 is 1.73 bits per heavy atom. The van der Waals surface area contributed by atoms with E-state index in [1.807, 2.05) is 17.6 Å². The van der Waals surface area contributed by atoms with E-state index in [1.54, 1.807) is 0 Å². The summed E-state index contributed by atoms with van der Waals surface area (Å²) in [5, 5.41) is 6.24. The summed E-state index contributed by atoms with van der Waals surface area (Å²) >= 11 is 1.84. The van der Waals surface area contributed by atoms with Crippen LogP contribution >= 0.6 is 11.3 Å². The number of hydrogen-bond acceptors (Lipinski definition) is 3. The van der Waals surface area contributed by atoms with Gasteiger partial charge in [-0.05, 0) is 87.2 Å². The van der Waals surface area contributed by atoms with Gasteiger partial charge in [-0.25, -0.2) is 4.98 Å². The second kappa shape index (κ2) is 8.85. The molecule has 0 bridgehead atoms. The Labute approximate surface area is 223 Å². The van der Waals surface area contributed by atoms with Crippen molar-refractivity contribution in [3.63, 3.8) is 0 Å². The molecule has 2 nitrogen and oxygen atoms in total. The number of hydrogen-bond donors (Lipinski definition) is 0. The SMILES string of the molecule is Cc1coc2c(-c3ccc4c(CC(C)C)csc4c3)cc(-c3cc(C(C)(C)C)c4ccccc4c3)nc12. The summed E-state index contributed by atoms with van der Waals surface area (Å²) in [7, 11) is 0. The van der Waals surface area contributed by atoms with Gasteiger partial charge in [-0.3, -0.25) is 0 Å². The number of pyridine rings is 1. The van der Waals surface area contributed by atoms with Crippen molar-refractivity contribution < 1.29 is 4.42 Å². The molecule has 3 aromatic heterocycles. The highest BCUT2D eigenvalue weighted by molar-refractivity contribution is 7.17. The maximum Gasteiger partial charge on any atom is 0.160 e. The third-order valence-electron chi connectivity index (χ3n) is 7.26. The van der Waals surface area contributed by atoms with Crippen LogP contribution in [-0.4, -0.2) is 4.98 Å². The number of aryl methyl sites for hydroxylation is 1. The summed E-state index contributed by atoms with van der Waals surface area (Å²) in [5.74, 6) is 0.644. The maximum absolute atomic E-state index is 6.08. The highest BCUT2D eigenvalue weighted by Crippen LogP contribution is 2.39. The molecule has 0 atom stereocenters. The van der Waals surface area contributed by atoms with E-state index in [4.69, 9.17) is 9.40 Å². The summed E-state index contributed by atoms with van der Waals surface area (Å²) in [6, 6.07) is 22.3. The van der Waals surface area contributed by atoms with Gasteiger partial charge in [-0.15, -0.1) is 11.3 Å². The van der Waals surface area contributed by atoms with Gasteiger partial charge in [0.25, 0.3) is 0 Å². The first-order valence-corrected chi connectivity index (χ1v) is 14.0. The largest absolute Gasteiger partial charge is 0.462 e. The first-order valence-electron chi connectivity index (χ1n) is 13.1. The van der Waals surface area contributed by atoms with Crippen molar-refractivity contribution in [2.75, 3.05) is 0 Å². The molecule has 0 saturated heterocycles. The highest BCUT2D eigenvalue weighted by atomic mass is 32.1. The topological polar surface area (TPSA) is 26.0 Å². The average molecular weight is 504 g/mol. The van der Waals surface area contributed by atoms with Gasteiger partial charge in [-0.2, -0.15) is 0 Å². The lowest BCUT2D eigenvalue weighted by Crippen LogP contribution is -2.12. The van der Waals surface area contributed by atoms with Crippen LogP contribution in [0, 0.1) is 12.8 Å². The van der Waals surface area contributed by atoms with Crippen LogP contribution in [0.1, 0.15) is 51.3 Å². The molecule has 0 amide bonds. The third kappa shape index (κ3) is 4.26. The number of fused-ring (bicyclic) bond motifs is 3. The van der Waals surface area contributed by atoms with Crippen LogP contribution in [0.2, 0.25) is 0 Å². The molecule has 0 saturated carbocycles. The summed E-state index contributed by atoms with van der Waals surface area (Å²) in [4.78, 5) is 5.13. The first-order chi connectivity index (χ1) is 17.7. The number of thiophene rings is 1. The molecule has 3 aromatic carbocycles. The minimum Gasteiger partial charge on any atom is -0.462 e. The van der Waals surface area contributed by atoms with Gasteiger partial charge < -0.3 is 4.42 Å². The van der Waals surface area contributed by atoms with E-state index in [-0.39, 0.29) is 5.41 Å². The number of rotatable bonds is 4. The van der Waals surface area contributed by atoms with Crippen molar-refractivity contribution in [1.29, 1.82) is 0 Å². The van der Waals surface area contributed by atoms with Gasteiger partial charge >= 0.3 is 0 Å². The maximum atomic E-state index is 6.08. The molecule has 0 aliphatic carbocycles. The smallest absolute Gasteiger partial charge is 0.160 e.